The number of nitrogens with zero attached hydrogens (tertiary/aromatic N) is 2. The van der Waals surface area contributed by atoms with Crippen LogP contribution in [0.25, 0.3) is 22.4 Å². The van der Waals surface area contributed by atoms with Crippen molar-refractivity contribution in [2.45, 2.75) is 58.1 Å². The first-order chi connectivity index (χ1) is 21.2. The monoisotopic (exact) mass is 596 g/mol. The van der Waals surface area contributed by atoms with Crippen LogP contribution in [0, 0.1) is 0 Å². The summed E-state index contributed by atoms with van der Waals surface area (Å²) in [7, 11) is 0. The van der Waals surface area contributed by atoms with E-state index >= 15 is 0 Å². The highest BCUT2D eigenvalue weighted by molar-refractivity contribution is 5.76. The Morgan fingerprint density at radius 2 is 1.43 bits per heavy atom. The predicted molar refractivity (Wildman–Crippen MR) is 170 cm³/mol. The van der Waals surface area contributed by atoms with Gasteiger partial charge in [-0.05, 0) is 74.9 Å². The van der Waals surface area contributed by atoms with Crippen LogP contribution < -0.4 is 9.47 Å². The molecule has 0 fully saturated rings. The zero-order valence-corrected chi connectivity index (χ0v) is 25.5. The maximum atomic E-state index is 11.8. The fourth-order valence-electron chi connectivity index (χ4n) is 4.59. The summed E-state index contributed by atoms with van der Waals surface area (Å²) in [5.74, 6) is 0.167. The average Bonchev–Trinajstić information content (AvgIpc) is 3.03. The lowest BCUT2D eigenvalue weighted by Gasteiger charge is -2.30. The van der Waals surface area contributed by atoms with Crippen LogP contribution in [0.3, 0.4) is 0 Å². The van der Waals surface area contributed by atoms with Gasteiger partial charge in [-0.2, -0.15) is 0 Å². The molecule has 44 heavy (non-hydrogen) atoms. The van der Waals surface area contributed by atoms with Gasteiger partial charge in [-0.3, -0.25) is 9.63 Å². The van der Waals surface area contributed by atoms with Crippen LogP contribution in [0.5, 0.6) is 11.6 Å². The molecule has 0 saturated carbocycles. The molecule has 1 aromatic heterocycles. The smallest absolute Gasteiger partial charge is 0.329 e. The number of aromatic nitrogens is 1. The molecule has 1 N–H and O–H groups in total. The van der Waals surface area contributed by atoms with Gasteiger partial charge >= 0.3 is 5.97 Å². The van der Waals surface area contributed by atoms with Crippen LogP contribution in [-0.4, -0.2) is 52.4 Å². The minimum Gasteiger partial charge on any atom is -0.494 e. The second kappa shape index (κ2) is 15.7. The average molecular weight is 597 g/mol. The first kappa shape index (κ1) is 32.2. The number of rotatable bonds is 16. The van der Waals surface area contributed by atoms with Crippen molar-refractivity contribution in [1.29, 1.82) is 0 Å². The van der Waals surface area contributed by atoms with Gasteiger partial charge in [0.15, 0.2) is 6.04 Å². The summed E-state index contributed by atoms with van der Waals surface area (Å²) in [4.78, 5) is 33.6. The fraction of sp³-hybridized carbons (Fsp3) is 0.306. The van der Waals surface area contributed by atoms with E-state index in [4.69, 9.17) is 19.3 Å². The van der Waals surface area contributed by atoms with Crippen molar-refractivity contribution in [3.8, 4) is 34.0 Å². The molecule has 0 aliphatic carbocycles. The summed E-state index contributed by atoms with van der Waals surface area (Å²) < 4.78 is 12.0. The van der Waals surface area contributed by atoms with Crippen molar-refractivity contribution >= 4 is 12.4 Å². The van der Waals surface area contributed by atoms with Gasteiger partial charge in [0, 0.05) is 18.1 Å². The summed E-state index contributed by atoms with van der Waals surface area (Å²) in [6.07, 6.45) is 3.17. The molecule has 0 aliphatic rings. The number of unbranched alkanes of at least 4 members (excludes halogenated alkanes) is 2. The molecule has 0 aliphatic heterocycles. The van der Waals surface area contributed by atoms with E-state index in [9.17, 15) is 14.7 Å². The number of benzene rings is 3. The predicted octanol–water partition coefficient (Wildman–Crippen LogP) is 7.23. The number of carboxylic acid groups (broad SMARTS) is 1. The number of carboxylic acids is 1. The number of hydrogen-bond donors (Lipinski definition) is 1. The van der Waals surface area contributed by atoms with E-state index in [1.807, 2.05) is 66.7 Å². The standard InChI is InChI=1S/C36H40N2O6/c1-36(2,3)44-38(26-39)33(35(40)41)23-27-17-19-31(20-18-27)42-21-11-6-12-22-43-34-25-30(28-13-7-4-8-14-28)24-32(37-34)29-15-9-5-10-16-29/h4-5,7-10,13-20,24-26,33H,6,11-12,21-23H2,1-3H3,(H,40,41). The summed E-state index contributed by atoms with van der Waals surface area (Å²) >= 11 is 0. The van der Waals surface area contributed by atoms with Crippen LogP contribution in [-0.2, 0) is 20.8 Å². The summed E-state index contributed by atoms with van der Waals surface area (Å²) in [5.41, 5.74) is 4.15. The summed E-state index contributed by atoms with van der Waals surface area (Å²) in [6, 6.07) is 30.5. The van der Waals surface area contributed by atoms with E-state index in [1.54, 1.807) is 32.9 Å². The van der Waals surface area contributed by atoms with Gasteiger partial charge in [-0.1, -0.05) is 72.8 Å². The normalized spacial score (nSPS) is 11.9. The van der Waals surface area contributed by atoms with Crippen LogP contribution in [0.2, 0.25) is 0 Å². The quantitative estimate of drug-likeness (QED) is 0.0828. The highest BCUT2D eigenvalue weighted by Crippen LogP contribution is 2.29. The zero-order valence-electron chi connectivity index (χ0n) is 25.5. The Bertz CT molecular complexity index is 1410. The van der Waals surface area contributed by atoms with Gasteiger partial charge < -0.3 is 14.6 Å². The molecule has 1 atom stereocenters. The van der Waals surface area contributed by atoms with Gasteiger partial charge in [-0.25, -0.2) is 14.8 Å². The lowest BCUT2D eigenvalue weighted by Crippen LogP contribution is -2.45. The van der Waals surface area contributed by atoms with E-state index in [0.717, 1.165) is 52.3 Å². The number of amides is 1. The largest absolute Gasteiger partial charge is 0.494 e. The van der Waals surface area contributed by atoms with E-state index in [-0.39, 0.29) is 6.42 Å². The Hall–Kier alpha value is -4.69. The van der Waals surface area contributed by atoms with Crippen molar-refractivity contribution < 1.29 is 29.0 Å². The lowest BCUT2D eigenvalue weighted by molar-refractivity contribution is -0.234. The second-order valence-electron chi connectivity index (χ2n) is 11.4. The Morgan fingerprint density at radius 3 is 2.02 bits per heavy atom. The SMILES string of the molecule is CC(C)(C)ON(C=O)C(Cc1ccc(OCCCCCOc2cc(-c3ccccc3)cc(-c3ccccc3)n2)cc1)C(=O)O. The molecule has 0 bridgehead atoms. The highest BCUT2D eigenvalue weighted by Gasteiger charge is 2.29. The van der Waals surface area contributed by atoms with Gasteiger partial charge in [0.25, 0.3) is 0 Å². The molecule has 3 aromatic carbocycles. The molecular weight excluding hydrogens is 556 g/mol. The van der Waals surface area contributed by atoms with Gasteiger partial charge in [-0.15, -0.1) is 0 Å². The number of hydroxylamine groups is 2. The van der Waals surface area contributed by atoms with Gasteiger partial charge in [0.1, 0.15) is 5.75 Å². The molecule has 1 unspecified atom stereocenters. The Balaban J connectivity index is 1.23. The Morgan fingerprint density at radius 1 is 0.818 bits per heavy atom. The van der Waals surface area contributed by atoms with Gasteiger partial charge in [0.2, 0.25) is 12.3 Å². The molecule has 0 spiro atoms. The molecule has 1 heterocycles. The van der Waals surface area contributed by atoms with E-state index in [1.165, 1.54) is 0 Å². The number of aliphatic carboxylic acids is 1. The highest BCUT2D eigenvalue weighted by atomic mass is 16.7. The third kappa shape index (κ3) is 9.95. The van der Waals surface area contributed by atoms with Crippen molar-refractivity contribution in [2.75, 3.05) is 13.2 Å². The number of carbonyl (C=O) groups is 2. The van der Waals surface area contributed by atoms with Crippen molar-refractivity contribution in [2.24, 2.45) is 0 Å². The number of ether oxygens (including phenoxy) is 2. The molecule has 8 heteroatoms. The first-order valence-corrected chi connectivity index (χ1v) is 14.8. The third-order valence-corrected chi connectivity index (χ3v) is 6.71. The summed E-state index contributed by atoms with van der Waals surface area (Å²) in [5, 5.41) is 10.5. The number of carbonyl (C=O) groups excluding carboxylic acids is 1. The second-order valence-corrected chi connectivity index (χ2v) is 11.4. The maximum Gasteiger partial charge on any atom is 0.329 e. The molecular formula is C36H40N2O6. The van der Waals surface area contributed by atoms with Crippen molar-refractivity contribution in [3.63, 3.8) is 0 Å². The zero-order chi connectivity index (χ0) is 31.4. The Kier molecular flexibility index (Phi) is 11.5. The molecule has 230 valence electrons. The minimum absolute atomic E-state index is 0.111. The topological polar surface area (TPSA) is 98.2 Å². The molecule has 4 aromatic rings. The third-order valence-electron chi connectivity index (χ3n) is 6.71. The Labute approximate surface area is 259 Å². The minimum atomic E-state index is -1.14. The molecule has 0 radical (unpaired) electrons. The van der Waals surface area contributed by atoms with E-state index < -0.39 is 17.6 Å². The fourth-order valence-corrected chi connectivity index (χ4v) is 4.59. The van der Waals surface area contributed by atoms with Crippen molar-refractivity contribution in [3.05, 3.63) is 103 Å². The van der Waals surface area contributed by atoms with Crippen LogP contribution in [0.1, 0.15) is 45.6 Å². The molecule has 1 amide bonds. The molecule has 8 nitrogen and oxygen atoms in total. The van der Waals surface area contributed by atoms with Crippen molar-refractivity contribution in [1.82, 2.24) is 10.0 Å². The number of pyridine rings is 1. The molecule has 0 saturated heterocycles. The van der Waals surface area contributed by atoms with Crippen LogP contribution >= 0.6 is 0 Å². The summed E-state index contributed by atoms with van der Waals surface area (Å²) in [6.45, 7) is 6.37. The first-order valence-electron chi connectivity index (χ1n) is 14.8. The van der Waals surface area contributed by atoms with Gasteiger partial charge in [0.05, 0.1) is 24.5 Å². The lowest BCUT2D eigenvalue weighted by atomic mass is 10.0. The maximum absolute atomic E-state index is 11.8. The number of hydrogen-bond acceptors (Lipinski definition) is 6. The van der Waals surface area contributed by atoms with E-state index in [0.29, 0.717) is 31.3 Å². The molecule has 4 rings (SSSR count). The van der Waals surface area contributed by atoms with E-state index in [2.05, 4.69) is 18.2 Å². The van der Waals surface area contributed by atoms with Crippen LogP contribution in [0.15, 0.2) is 97.1 Å². The van der Waals surface area contributed by atoms with Crippen LogP contribution in [0.4, 0.5) is 0 Å².